The number of amides is 1. The van der Waals surface area contributed by atoms with Crippen LogP contribution in [0.15, 0.2) is 85.6 Å². The Bertz CT molecular complexity index is 1290. The lowest BCUT2D eigenvalue weighted by molar-refractivity contribution is 0.102. The number of aromatic nitrogens is 6. The molecule has 0 radical (unpaired) electrons. The fourth-order valence-corrected chi connectivity index (χ4v) is 3.41. The van der Waals surface area contributed by atoms with Crippen molar-refractivity contribution in [3.8, 4) is 0 Å². The van der Waals surface area contributed by atoms with E-state index in [1.54, 1.807) is 34.0 Å². The molecule has 0 saturated carbocycles. The number of hydrogen-bond acceptors (Lipinski definition) is 4. The number of carbonyl (C=O) groups is 1. The topological polar surface area (TPSA) is 82.6 Å². The molecule has 1 N–H and O–H groups in total. The first-order valence-corrected chi connectivity index (χ1v) is 9.56. The lowest BCUT2D eigenvalue weighted by Gasteiger charge is -2.06. The average Bonchev–Trinajstić information content (AvgIpc) is 3.52. The summed E-state index contributed by atoms with van der Waals surface area (Å²) in [5, 5.41) is 18.1. The van der Waals surface area contributed by atoms with Gasteiger partial charge in [-0.15, -0.1) is 0 Å². The molecule has 148 valence electrons. The molecule has 5 aromatic rings. The average molecular weight is 397 g/mol. The van der Waals surface area contributed by atoms with Gasteiger partial charge in [-0.05, 0) is 28.5 Å². The first-order chi connectivity index (χ1) is 14.7. The third-order valence-corrected chi connectivity index (χ3v) is 4.83. The highest BCUT2D eigenvalue weighted by Gasteiger charge is 2.12. The molecule has 0 unspecified atom stereocenters. The SMILES string of the molecule is O=C(Nc1cnn(Cc2cccc3ccccc23)c1)c1ccn(Cn2cccn2)n1. The zero-order valence-electron chi connectivity index (χ0n) is 16.1. The largest absolute Gasteiger partial charge is 0.318 e. The van der Waals surface area contributed by atoms with E-state index in [2.05, 4.69) is 44.9 Å². The molecule has 2 aromatic carbocycles. The highest BCUT2D eigenvalue weighted by Crippen LogP contribution is 2.20. The Morgan fingerprint density at radius 2 is 1.80 bits per heavy atom. The summed E-state index contributed by atoms with van der Waals surface area (Å²) in [6.07, 6.45) is 8.75. The van der Waals surface area contributed by atoms with E-state index in [-0.39, 0.29) is 5.91 Å². The van der Waals surface area contributed by atoms with E-state index in [1.165, 1.54) is 16.3 Å². The van der Waals surface area contributed by atoms with Gasteiger partial charge in [-0.2, -0.15) is 15.3 Å². The number of nitrogens with one attached hydrogen (secondary N) is 1. The lowest BCUT2D eigenvalue weighted by atomic mass is 10.0. The molecule has 0 bridgehead atoms. The number of rotatable bonds is 6. The van der Waals surface area contributed by atoms with E-state index >= 15 is 0 Å². The third-order valence-electron chi connectivity index (χ3n) is 4.83. The van der Waals surface area contributed by atoms with Crippen molar-refractivity contribution in [1.29, 1.82) is 0 Å². The van der Waals surface area contributed by atoms with Crippen LogP contribution in [0, 0.1) is 0 Å². The van der Waals surface area contributed by atoms with Crippen molar-refractivity contribution in [3.05, 3.63) is 96.8 Å². The minimum Gasteiger partial charge on any atom is -0.318 e. The van der Waals surface area contributed by atoms with Crippen molar-refractivity contribution in [2.45, 2.75) is 13.2 Å². The molecule has 30 heavy (non-hydrogen) atoms. The summed E-state index contributed by atoms with van der Waals surface area (Å²) in [4.78, 5) is 12.5. The number of benzene rings is 2. The number of carbonyl (C=O) groups excluding carboxylic acids is 1. The zero-order chi connectivity index (χ0) is 20.3. The van der Waals surface area contributed by atoms with Gasteiger partial charge in [-0.1, -0.05) is 42.5 Å². The quantitative estimate of drug-likeness (QED) is 0.477. The van der Waals surface area contributed by atoms with Gasteiger partial charge in [0.15, 0.2) is 5.69 Å². The third kappa shape index (κ3) is 3.70. The zero-order valence-corrected chi connectivity index (χ0v) is 16.1. The highest BCUT2D eigenvalue weighted by atomic mass is 16.2. The monoisotopic (exact) mass is 397 g/mol. The molecular weight excluding hydrogens is 378 g/mol. The Kier molecular flexibility index (Phi) is 4.57. The molecule has 0 spiro atoms. The van der Waals surface area contributed by atoms with Crippen LogP contribution in [0.1, 0.15) is 16.1 Å². The predicted octanol–water partition coefficient (Wildman–Crippen LogP) is 3.24. The van der Waals surface area contributed by atoms with Gasteiger partial charge in [0.2, 0.25) is 0 Å². The van der Waals surface area contributed by atoms with E-state index < -0.39 is 0 Å². The Balaban J connectivity index is 1.27. The maximum absolute atomic E-state index is 12.5. The second-order valence-electron chi connectivity index (χ2n) is 6.95. The molecular formula is C22H19N7O. The van der Waals surface area contributed by atoms with Gasteiger partial charge in [0, 0.05) is 24.8 Å². The summed E-state index contributed by atoms with van der Waals surface area (Å²) in [5.74, 6) is -0.279. The Morgan fingerprint density at radius 1 is 0.900 bits per heavy atom. The molecule has 0 aliphatic heterocycles. The molecule has 3 aromatic heterocycles. The summed E-state index contributed by atoms with van der Waals surface area (Å²) in [7, 11) is 0. The Morgan fingerprint density at radius 3 is 2.70 bits per heavy atom. The van der Waals surface area contributed by atoms with Crippen LogP contribution in [0.2, 0.25) is 0 Å². The molecule has 0 saturated heterocycles. The summed E-state index contributed by atoms with van der Waals surface area (Å²) in [6.45, 7) is 1.07. The second kappa shape index (κ2) is 7.67. The number of nitrogens with zero attached hydrogens (tertiary/aromatic N) is 6. The van der Waals surface area contributed by atoms with Gasteiger partial charge in [0.1, 0.15) is 6.67 Å². The van der Waals surface area contributed by atoms with Crippen LogP contribution in [-0.2, 0) is 13.2 Å². The maximum Gasteiger partial charge on any atom is 0.276 e. The summed E-state index contributed by atoms with van der Waals surface area (Å²) in [5.41, 5.74) is 2.14. The van der Waals surface area contributed by atoms with Crippen molar-refractivity contribution in [2.75, 3.05) is 5.32 Å². The predicted molar refractivity (Wildman–Crippen MR) is 113 cm³/mol. The van der Waals surface area contributed by atoms with Crippen molar-refractivity contribution >= 4 is 22.4 Å². The molecule has 8 nitrogen and oxygen atoms in total. The van der Waals surface area contributed by atoms with E-state index in [0.717, 1.165) is 0 Å². The van der Waals surface area contributed by atoms with Gasteiger partial charge in [0.25, 0.3) is 5.91 Å². The van der Waals surface area contributed by atoms with E-state index in [0.29, 0.717) is 24.6 Å². The van der Waals surface area contributed by atoms with Gasteiger partial charge in [0.05, 0.1) is 18.4 Å². The molecule has 0 fully saturated rings. The Labute approximate surface area is 172 Å². The van der Waals surface area contributed by atoms with Crippen molar-refractivity contribution in [2.24, 2.45) is 0 Å². The van der Waals surface area contributed by atoms with Crippen LogP contribution in [-0.4, -0.2) is 35.2 Å². The van der Waals surface area contributed by atoms with E-state index in [1.807, 2.05) is 41.3 Å². The molecule has 0 aliphatic carbocycles. The summed E-state index contributed by atoms with van der Waals surface area (Å²) >= 11 is 0. The van der Waals surface area contributed by atoms with Crippen LogP contribution in [0.5, 0.6) is 0 Å². The van der Waals surface area contributed by atoms with Crippen molar-refractivity contribution in [1.82, 2.24) is 29.3 Å². The molecule has 8 heteroatoms. The molecule has 0 atom stereocenters. The number of anilines is 1. The Hall–Kier alpha value is -4.20. The summed E-state index contributed by atoms with van der Waals surface area (Å²) < 4.78 is 5.20. The second-order valence-corrected chi connectivity index (χ2v) is 6.95. The fraction of sp³-hybridized carbons (Fsp3) is 0.0909. The van der Waals surface area contributed by atoms with Gasteiger partial charge >= 0.3 is 0 Å². The highest BCUT2D eigenvalue weighted by molar-refractivity contribution is 6.02. The van der Waals surface area contributed by atoms with Crippen LogP contribution < -0.4 is 5.32 Å². The van der Waals surface area contributed by atoms with Gasteiger partial charge in [-0.25, -0.2) is 0 Å². The fourth-order valence-electron chi connectivity index (χ4n) is 3.41. The van der Waals surface area contributed by atoms with Crippen LogP contribution in [0.25, 0.3) is 10.8 Å². The van der Waals surface area contributed by atoms with Crippen molar-refractivity contribution in [3.63, 3.8) is 0 Å². The number of hydrogen-bond donors (Lipinski definition) is 1. The smallest absolute Gasteiger partial charge is 0.276 e. The first kappa shape index (κ1) is 17.9. The van der Waals surface area contributed by atoms with Crippen LogP contribution in [0.3, 0.4) is 0 Å². The normalized spacial score (nSPS) is 11.1. The number of fused-ring (bicyclic) bond motifs is 1. The standard InChI is InChI=1S/C22H19N7O/c30-22(21-9-12-28(26-21)16-27-11-4-10-23-27)25-19-13-24-29(15-19)14-18-7-3-6-17-5-1-2-8-20(17)18/h1-13,15H,14,16H2,(H,25,30). The molecule has 3 heterocycles. The van der Waals surface area contributed by atoms with Crippen LogP contribution >= 0.6 is 0 Å². The first-order valence-electron chi connectivity index (χ1n) is 9.56. The van der Waals surface area contributed by atoms with Crippen molar-refractivity contribution < 1.29 is 4.79 Å². The van der Waals surface area contributed by atoms with Gasteiger partial charge < -0.3 is 5.32 Å². The molecule has 0 aliphatic rings. The van der Waals surface area contributed by atoms with Crippen LogP contribution in [0.4, 0.5) is 5.69 Å². The molecule has 1 amide bonds. The van der Waals surface area contributed by atoms with Gasteiger partial charge in [-0.3, -0.25) is 18.8 Å². The van der Waals surface area contributed by atoms with E-state index in [9.17, 15) is 4.79 Å². The minimum atomic E-state index is -0.279. The maximum atomic E-state index is 12.5. The minimum absolute atomic E-state index is 0.279. The lowest BCUT2D eigenvalue weighted by Crippen LogP contribution is -2.14. The summed E-state index contributed by atoms with van der Waals surface area (Å²) in [6, 6.07) is 18.0. The van der Waals surface area contributed by atoms with E-state index in [4.69, 9.17) is 0 Å². The molecule has 5 rings (SSSR count).